The molecule has 0 atom stereocenters. The van der Waals surface area contributed by atoms with Crippen LogP contribution in [0.4, 0.5) is 5.95 Å². The molecule has 0 radical (unpaired) electrons. The summed E-state index contributed by atoms with van der Waals surface area (Å²) in [5.41, 5.74) is 1.24. The van der Waals surface area contributed by atoms with Crippen LogP contribution in [-0.4, -0.2) is 39.7 Å². The Labute approximate surface area is 142 Å². The Bertz CT molecular complexity index is 713. The first-order chi connectivity index (χ1) is 11.1. The number of nitrogens with zero attached hydrogens (tertiary/aromatic N) is 2. The van der Waals surface area contributed by atoms with Crippen molar-refractivity contribution in [3.63, 3.8) is 0 Å². The first-order valence-electron chi connectivity index (χ1n) is 7.22. The highest BCUT2D eigenvalue weighted by molar-refractivity contribution is 8.00. The van der Waals surface area contributed by atoms with Crippen molar-refractivity contribution >= 4 is 35.0 Å². The van der Waals surface area contributed by atoms with Crippen molar-refractivity contribution in [2.45, 2.75) is 24.6 Å². The zero-order chi connectivity index (χ0) is 16.7. The SMILES string of the molecule is CCSc1nc(CC(=O)NCCNc2nc(C)cc(=O)[nH]2)cs1. The zero-order valence-electron chi connectivity index (χ0n) is 13.0. The summed E-state index contributed by atoms with van der Waals surface area (Å²) < 4.78 is 0.992. The molecule has 0 aliphatic carbocycles. The highest BCUT2D eigenvalue weighted by Crippen LogP contribution is 2.22. The second kappa shape index (κ2) is 8.68. The second-order valence-electron chi connectivity index (χ2n) is 4.73. The monoisotopic (exact) mass is 353 g/mol. The first kappa shape index (κ1) is 17.5. The maximum absolute atomic E-state index is 11.8. The van der Waals surface area contributed by atoms with Crippen molar-refractivity contribution in [3.8, 4) is 0 Å². The average molecular weight is 353 g/mol. The number of aryl methyl sites for hydroxylation is 1. The van der Waals surface area contributed by atoms with Crippen LogP contribution < -0.4 is 16.2 Å². The molecule has 0 spiro atoms. The van der Waals surface area contributed by atoms with Crippen molar-refractivity contribution in [1.29, 1.82) is 0 Å². The lowest BCUT2D eigenvalue weighted by Crippen LogP contribution is -2.30. The summed E-state index contributed by atoms with van der Waals surface area (Å²) >= 11 is 3.24. The number of carbonyl (C=O) groups is 1. The summed E-state index contributed by atoms with van der Waals surface area (Å²) in [5, 5.41) is 7.69. The number of hydrogen-bond donors (Lipinski definition) is 3. The summed E-state index contributed by atoms with van der Waals surface area (Å²) in [5.74, 6) is 1.31. The second-order valence-corrected chi connectivity index (χ2v) is 7.10. The van der Waals surface area contributed by atoms with Crippen LogP contribution in [0.15, 0.2) is 20.6 Å². The molecule has 9 heteroatoms. The molecule has 2 heterocycles. The smallest absolute Gasteiger partial charge is 0.252 e. The number of anilines is 1. The summed E-state index contributed by atoms with van der Waals surface area (Å²) in [4.78, 5) is 34.3. The number of amides is 1. The van der Waals surface area contributed by atoms with Crippen molar-refractivity contribution in [1.82, 2.24) is 20.3 Å². The van der Waals surface area contributed by atoms with E-state index in [0.717, 1.165) is 15.8 Å². The number of hydrogen-bond acceptors (Lipinski definition) is 7. The summed E-state index contributed by atoms with van der Waals surface area (Å²) in [6.45, 7) is 4.74. The Hall–Kier alpha value is -1.87. The Kier molecular flexibility index (Phi) is 6.60. The maximum atomic E-state index is 11.8. The zero-order valence-corrected chi connectivity index (χ0v) is 14.6. The molecule has 7 nitrogen and oxygen atoms in total. The van der Waals surface area contributed by atoms with Gasteiger partial charge >= 0.3 is 0 Å². The first-order valence-corrected chi connectivity index (χ1v) is 9.09. The molecule has 2 aromatic rings. The van der Waals surface area contributed by atoms with Crippen molar-refractivity contribution in [2.75, 3.05) is 24.2 Å². The van der Waals surface area contributed by atoms with Crippen LogP contribution in [0.5, 0.6) is 0 Å². The molecule has 0 aromatic carbocycles. The summed E-state index contributed by atoms with van der Waals surface area (Å²) in [6, 6.07) is 1.42. The van der Waals surface area contributed by atoms with E-state index in [1.165, 1.54) is 6.07 Å². The molecule has 0 aliphatic rings. The minimum atomic E-state index is -0.201. The molecular formula is C14H19N5O2S2. The molecule has 2 aromatic heterocycles. The molecule has 0 unspecified atom stereocenters. The van der Waals surface area contributed by atoms with Gasteiger partial charge in [0.25, 0.3) is 5.56 Å². The van der Waals surface area contributed by atoms with E-state index < -0.39 is 0 Å². The Balaban J connectivity index is 1.71. The normalized spacial score (nSPS) is 10.5. The molecule has 3 N–H and O–H groups in total. The van der Waals surface area contributed by atoms with Gasteiger partial charge in [-0.3, -0.25) is 14.6 Å². The van der Waals surface area contributed by atoms with Gasteiger partial charge in [-0.05, 0) is 12.7 Å². The van der Waals surface area contributed by atoms with E-state index in [2.05, 4.69) is 32.5 Å². The molecule has 0 aliphatic heterocycles. The summed E-state index contributed by atoms with van der Waals surface area (Å²) in [6.07, 6.45) is 0.278. The number of H-pyrrole nitrogens is 1. The number of nitrogens with one attached hydrogen (secondary N) is 3. The lowest BCUT2D eigenvalue weighted by atomic mass is 10.3. The van der Waals surface area contributed by atoms with Gasteiger partial charge in [-0.25, -0.2) is 9.97 Å². The largest absolute Gasteiger partial charge is 0.354 e. The van der Waals surface area contributed by atoms with Gasteiger partial charge in [0.15, 0.2) is 0 Å². The predicted octanol–water partition coefficient (Wildman–Crippen LogP) is 1.42. The van der Waals surface area contributed by atoms with Crippen LogP contribution in [-0.2, 0) is 11.2 Å². The fourth-order valence-electron chi connectivity index (χ4n) is 1.83. The van der Waals surface area contributed by atoms with Gasteiger partial charge in [0.1, 0.15) is 4.34 Å². The fourth-order valence-corrected chi connectivity index (χ4v) is 3.57. The highest BCUT2D eigenvalue weighted by atomic mass is 32.2. The van der Waals surface area contributed by atoms with Gasteiger partial charge in [-0.2, -0.15) is 0 Å². The Morgan fingerprint density at radius 1 is 1.39 bits per heavy atom. The van der Waals surface area contributed by atoms with E-state index in [9.17, 15) is 9.59 Å². The van der Waals surface area contributed by atoms with Gasteiger partial charge in [-0.1, -0.05) is 18.7 Å². The van der Waals surface area contributed by atoms with Crippen molar-refractivity contribution in [2.24, 2.45) is 0 Å². The minimum absolute atomic E-state index is 0.0733. The number of thiazole rings is 1. The van der Waals surface area contributed by atoms with Crippen LogP contribution in [0, 0.1) is 6.92 Å². The molecule has 0 fully saturated rings. The molecule has 23 heavy (non-hydrogen) atoms. The number of aromatic nitrogens is 3. The number of carbonyl (C=O) groups excluding carboxylic acids is 1. The molecule has 0 bridgehead atoms. The molecular weight excluding hydrogens is 334 g/mol. The highest BCUT2D eigenvalue weighted by Gasteiger charge is 2.07. The standard InChI is InChI=1S/C14H19N5O2S2/c1-3-22-14-18-10(8-23-14)7-11(20)15-4-5-16-13-17-9(2)6-12(21)19-13/h6,8H,3-5,7H2,1-2H3,(H,15,20)(H2,16,17,19,21). The minimum Gasteiger partial charge on any atom is -0.354 e. The molecule has 0 saturated carbocycles. The quantitative estimate of drug-likeness (QED) is 0.490. The van der Waals surface area contributed by atoms with E-state index in [1.54, 1.807) is 30.0 Å². The van der Waals surface area contributed by atoms with Crippen LogP contribution in [0.2, 0.25) is 0 Å². The fraction of sp³-hybridized carbons (Fsp3) is 0.429. The number of thioether (sulfide) groups is 1. The average Bonchev–Trinajstić information content (AvgIpc) is 2.90. The van der Waals surface area contributed by atoms with E-state index in [0.29, 0.717) is 24.7 Å². The third-order valence-electron chi connectivity index (χ3n) is 2.75. The van der Waals surface area contributed by atoms with Crippen LogP contribution >= 0.6 is 23.1 Å². The topological polar surface area (TPSA) is 99.8 Å². The molecule has 0 saturated heterocycles. The van der Waals surface area contributed by atoms with Crippen LogP contribution in [0.1, 0.15) is 18.3 Å². The van der Waals surface area contributed by atoms with Gasteiger partial charge in [0.05, 0.1) is 12.1 Å². The number of rotatable bonds is 8. The van der Waals surface area contributed by atoms with Gasteiger partial charge in [0, 0.05) is 30.2 Å². The Morgan fingerprint density at radius 3 is 2.96 bits per heavy atom. The molecule has 1 amide bonds. The summed E-state index contributed by atoms with van der Waals surface area (Å²) in [7, 11) is 0. The van der Waals surface area contributed by atoms with Crippen molar-refractivity contribution in [3.05, 3.63) is 33.2 Å². The van der Waals surface area contributed by atoms with Crippen molar-refractivity contribution < 1.29 is 4.79 Å². The van der Waals surface area contributed by atoms with E-state index >= 15 is 0 Å². The van der Waals surface area contributed by atoms with Gasteiger partial charge < -0.3 is 10.6 Å². The van der Waals surface area contributed by atoms with E-state index in [1.807, 2.05) is 5.38 Å². The van der Waals surface area contributed by atoms with Crippen LogP contribution in [0.25, 0.3) is 0 Å². The van der Waals surface area contributed by atoms with Gasteiger partial charge in [-0.15, -0.1) is 11.3 Å². The lowest BCUT2D eigenvalue weighted by molar-refractivity contribution is -0.120. The molecule has 2 rings (SSSR count). The molecule has 124 valence electrons. The van der Waals surface area contributed by atoms with E-state index in [4.69, 9.17) is 0 Å². The van der Waals surface area contributed by atoms with Gasteiger partial charge in [0.2, 0.25) is 11.9 Å². The maximum Gasteiger partial charge on any atom is 0.252 e. The Morgan fingerprint density at radius 2 is 2.22 bits per heavy atom. The number of aromatic amines is 1. The third-order valence-corrected chi connectivity index (χ3v) is 4.70. The van der Waals surface area contributed by atoms with Crippen LogP contribution in [0.3, 0.4) is 0 Å². The predicted molar refractivity (Wildman–Crippen MR) is 93.3 cm³/mol. The third kappa shape index (κ3) is 6.03. The lowest BCUT2D eigenvalue weighted by Gasteiger charge is -2.07. The van der Waals surface area contributed by atoms with E-state index in [-0.39, 0.29) is 17.9 Å².